The monoisotopic (exact) mass is 461 g/mol. The van der Waals surface area contributed by atoms with Crippen LogP contribution in [-0.4, -0.2) is 0 Å². The Bertz CT molecular complexity index is 825. The molecule has 1 nitrogen and oxygen atoms in total. The van der Waals surface area contributed by atoms with Gasteiger partial charge in [0.15, 0.2) is 5.83 Å². The van der Waals surface area contributed by atoms with Crippen molar-refractivity contribution in [2.75, 3.05) is 0 Å². The molecule has 0 unspecified atom stereocenters. The molecule has 0 bridgehead atoms. The van der Waals surface area contributed by atoms with Crippen LogP contribution in [0.15, 0.2) is 60.5 Å². The van der Waals surface area contributed by atoms with E-state index in [4.69, 9.17) is 5.26 Å². The minimum absolute atomic E-state index is 0.719. The molecule has 0 heterocycles. The van der Waals surface area contributed by atoms with Crippen LogP contribution in [0.1, 0.15) is 107 Å². The predicted octanol–water partition coefficient (Wildman–Crippen LogP) is 9.77. The van der Waals surface area contributed by atoms with E-state index in [1.54, 1.807) is 11.6 Å². The molecular weight excluding hydrogens is 417 g/mol. The van der Waals surface area contributed by atoms with Gasteiger partial charge in [-0.1, -0.05) is 68.3 Å². The van der Waals surface area contributed by atoms with Crippen molar-refractivity contribution in [1.82, 2.24) is 0 Å². The Morgan fingerprint density at radius 3 is 2.21 bits per heavy atom. The zero-order chi connectivity index (χ0) is 24.0. The fourth-order valence-electron chi connectivity index (χ4n) is 5.78. The second-order valence-corrected chi connectivity index (χ2v) is 10.6. The summed E-state index contributed by atoms with van der Waals surface area (Å²) in [4.78, 5) is 0. The summed E-state index contributed by atoms with van der Waals surface area (Å²) in [6.07, 6.45) is 27.9. The van der Waals surface area contributed by atoms with Crippen LogP contribution in [0, 0.1) is 29.1 Å². The van der Waals surface area contributed by atoms with Crippen molar-refractivity contribution in [3.05, 3.63) is 71.6 Å². The molecule has 0 aliphatic heterocycles. The number of halogens is 1. The molecule has 0 radical (unpaired) electrons. The van der Waals surface area contributed by atoms with Crippen LogP contribution in [0.5, 0.6) is 0 Å². The van der Waals surface area contributed by atoms with E-state index in [1.807, 2.05) is 6.08 Å². The largest absolute Gasteiger partial charge is 0.199 e. The average molecular weight is 462 g/mol. The van der Waals surface area contributed by atoms with E-state index in [-0.39, 0.29) is 0 Å². The molecule has 2 aliphatic rings. The highest BCUT2D eigenvalue weighted by atomic mass is 19.1. The number of aryl methyl sites for hydroxylation is 1. The number of nitrogens with zero attached hydrogens (tertiary/aromatic N) is 1. The van der Waals surface area contributed by atoms with Gasteiger partial charge in [-0.2, -0.15) is 9.65 Å². The van der Waals surface area contributed by atoms with E-state index in [0.717, 1.165) is 30.1 Å². The quantitative estimate of drug-likeness (QED) is 0.139. The Kier molecular flexibility index (Phi) is 11.7. The number of unbranched alkanes of at least 4 members (excludes halogenated alkanes) is 2. The fraction of sp³-hybridized carbons (Fsp3) is 0.594. The summed E-state index contributed by atoms with van der Waals surface area (Å²) >= 11 is 0. The van der Waals surface area contributed by atoms with E-state index in [1.165, 1.54) is 101 Å². The lowest BCUT2D eigenvalue weighted by molar-refractivity contribution is 0.295. The van der Waals surface area contributed by atoms with Gasteiger partial charge in [0.1, 0.15) is 6.07 Å². The number of rotatable bonds is 11. The predicted molar refractivity (Wildman–Crippen MR) is 142 cm³/mol. The lowest BCUT2D eigenvalue weighted by Crippen LogP contribution is -2.14. The molecule has 0 amide bonds. The van der Waals surface area contributed by atoms with Gasteiger partial charge in [0, 0.05) is 0 Å². The van der Waals surface area contributed by atoms with E-state index >= 15 is 0 Å². The number of benzene rings is 1. The third-order valence-corrected chi connectivity index (χ3v) is 8.07. The van der Waals surface area contributed by atoms with Crippen molar-refractivity contribution in [2.45, 2.75) is 103 Å². The lowest BCUT2D eigenvalue weighted by atomic mass is 9.76. The first-order chi connectivity index (χ1) is 16.7. The van der Waals surface area contributed by atoms with Gasteiger partial charge in [0.05, 0.1) is 0 Å². The Labute approximate surface area is 207 Å². The average Bonchev–Trinajstić information content (AvgIpc) is 2.89. The molecule has 34 heavy (non-hydrogen) atoms. The number of hydrogen-bond acceptors (Lipinski definition) is 1. The molecule has 0 spiro atoms. The van der Waals surface area contributed by atoms with Gasteiger partial charge in [0.2, 0.25) is 0 Å². The SMILES string of the molecule is CCCCCc1ccc([C@H]2CC[C@H](/C=C/[C@H]3CC[C@H](CCC=CC=C(F)C#N)CC3)CC2)cc1. The highest BCUT2D eigenvalue weighted by Gasteiger charge is 2.22. The highest BCUT2D eigenvalue weighted by molar-refractivity contribution is 5.26. The van der Waals surface area contributed by atoms with Crippen LogP contribution >= 0.6 is 0 Å². The van der Waals surface area contributed by atoms with Gasteiger partial charge in [-0.3, -0.25) is 0 Å². The van der Waals surface area contributed by atoms with E-state index in [0.29, 0.717) is 0 Å². The summed E-state index contributed by atoms with van der Waals surface area (Å²) in [6.45, 7) is 2.27. The Balaban J connectivity index is 1.32. The van der Waals surface area contributed by atoms with Crippen molar-refractivity contribution in [3.63, 3.8) is 0 Å². The second kappa shape index (κ2) is 15.0. The van der Waals surface area contributed by atoms with E-state index in [2.05, 4.69) is 43.3 Å². The lowest BCUT2D eigenvalue weighted by Gasteiger charge is -2.29. The first-order valence-corrected chi connectivity index (χ1v) is 13.9. The third-order valence-electron chi connectivity index (χ3n) is 8.07. The molecule has 0 aromatic heterocycles. The number of nitriles is 1. The molecule has 2 aliphatic carbocycles. The smallest absolute Gasteiger partial charge is 0.195 e. The summed E-state index contributed by atoms with van der Waals surface area (Å²) in [5.74, 6) is 2.37. The van der Waals surface area contributed by atoms with Crippen LogP contribution in [-0.2, 0) is 6.42 Å². The van der Waals surface area contributed by atoms with Gasteiger partial charge in [0.25, 0.3) is 0 Å². The van der Waals surface area contributed by atoms with Crippen LogP contribution in [0.25, 0.3) is 0 Å². The van der Waals surface area contributed by atoms with Crippen LogP contribution < -0.4 is 0 Å². The molecule has 2 saturated carbocycles. The highest BCUT2D eigenvalue weighted by Crippen LogP contribution is 2.38. The molecule has 184 valence electrons. The van der Waals surface area contributed by atoms with Gasteiger partial charge in [-0.25, -0.2) is 0 Å². The molecular formula is C32H44FN. The van der Waals surface area contributed by atoms with Gasteiger partial charge in [-0.05, 0) is 118 Å². The zero-order valence-corrected chi connectivity index (χ0v) is 21.2. The Morgan fingerprint density at radius 1 is 0.941 bits per heavy atom. The molecule has 0 saturated heterocycles. The summed E-state index contributed by atoms with van der Waals surface area (Å²) < 4.78 is 12.8. The van der Waals surface area contributed by atoms with Gasteiger partial charge in [-0.15, -0.1) is 0 Å². The minimum Gasteiger partial charge on any atom is -0.195 e. The van der Waals surface area contributed by atoms with Crippen molar-refractivity contribution in [2.24, 2.45) is 17.8 Å². The molecule has 0 atom stereocenters. The van der Waals surface area contributed by atoms with Crippen molar-refractivity contribution < 1.29 is 4.39 Å². The number of hydrogen-bond donors (Lipinski definition) is 0. The minimum atomic E-state index is -0.719. The number of allylic oxidation sites excluding steroid dienone is 6. The first-order valence-electron chi connectivity index (χ1n) is 13.9. The second-order valence-electron chi connectivity index (χ2n) is 10.6. The fourth-order valence-corrected chi connectivity index (χ4v) is 5.78. The van der Waals surface area contributed by atoms with Crippen LogP contribution in [0.4, 0.5) is 4.39 Å². The van der Waals surface area contributed by atoms with Crippen molar-refractivity contribution >= 4 is 0 Å². The molecule has 2 heteroatoms. The zero-order valence-electron chi connectivity index (χ0n) is 21.2. The summed E-state index contributed by atoms with van der Waals surface area (Å²) in [7, 11) is 0. The van der Waals surface area contributed by atoms with Crippen LogP contribution in [0.3, 0.4) is 0 Å². The van der Waals surface area contributed by atoms with Gasteiger partial charge < -0.3 is 0 Å². The molecule has 2 fully saturated rings. The Hall–Kier alpha value is -2.14. The maximum Gasteiger partial charge on any atom is 0.199 e. The molecule has 1 aromatic rings. The van der Waals surface area contributed by atoms with E-state index < -0.39 is 5.83 Å². The maximum atomic E-state index is 12.8. The third kappa shape index (κ3) is 9.25. The van der Waals surface area contributed by atoms with Crippen molar-refractivity contribution in [3.8, 4) is 6.07 Å². The maximum absolute atomic E-state index is 12.8. The van der Waals surface area contributed by atoms with Gasteiger partial charge >= 0.3 is 0 Å². The van der Waals surface area contributed by atoms with E-state index in [9.17, 15) is 4.39 Å². The molecule has 0 N–H and O–H groups in total. The normalized spacial score (nSPS) is 26.2. The summed E-state index contributed by atoms with van der Waals surface area (Å²) in [5.41, 5.74) is 3.06. The van der Waals surface area contributed by atoms with Crippen molar-refractivity contribution in [1.29, 1.82) is 5.26 Å². The standard InChI is InChI=1S/C32H44FN/c1-2-3-5-8-27-17-21-30(22-18-27)31-23-19-29(20-24-31)16-15-28-13-11-26(12-14-28)9-6-4-7-10-32(33)25-34/h4,7,10,15-18,21-22,26,28-29,31H,2-3,5-6,8-9,11-14,19-20,23-24H2,1H3/b7-4?,16-15+,32-10?/t26-,28-,29-,31-. The molecule has 3 rings (SSSR count). The summed E-state index contributed by atoms with van der Waals surface area (Å²) in [6, 6.07) is 11.0. The molecule has 1 aromatic carbocycles. The van der Waals surface area contributed by atoms with Crippen LogP contribution in [0.2, 0.25) is 0 Å². The first kappa shape index (κ1) is 26.5. The topological polar surface area (TPSA) is 23.8 Å². The Morgan fingerprint density at radius 2 is 1.59 bits per heavy atom. The summed E-state index contributed by atoms with van der Waals surface area (Å²) in [5, 5.41) is 8.41.